The van der Waals surface area contributed by atoms with Crippen LogP contribution in [0.5, 0.6) is 0 Å². The van der Waals surface area contributed by atoms with E-state index >= 15 is 0 Å². The zero-order valence-corrected chi connectivity index (χ0v) is 11.9. The summed E-state index contributed by atoms with van der Waals surface area (Å²) in [7, 11) is 0. The van der Waals surface area contributed by atoms with Gasteiger partial charge in [-0.15, -0.1) is 0 Å². The second-order valence-corrected chi connectivity index (χ2v) is 5.85. The van der Waals surface area contributed by atoms with E-state index in [2.05, 4.69) is 17.2 Å². The highest BCUT2D eigenvalue weighted by Crippen LogP contribution is 2.26. The van der Waals surface area contributed by atoms with Crippen molar-refractivity contribution in [3.63, 3.8) is 0 Å². The summed E-state index contributed by atoms with van der Waals surface area (Å²) in [4.78, 5) is 16.4. The summed E-state index contributed by atoms with van der Waals surface area (Å²) in [6.45, 7) is 4.07. The van der Waals surface area contributed by atoms with E-state index in [0.717, 1.165) is 10.8 Å². The SMILES string of the molecule is CC1(CNC(=O)c2cnc(Cl)c3ccccc23)COC1. The number of hydrogen-bond acceptors (Lipinski definition) is 3. The maximum absolute atomic E-state index is 12.3. The lowest BCUT2D eigenvalue weighted by Crippen LogP contribution is -2.48. The monoisotopic (exact) mass is 290 g/mol. The second kappa shape index (κ2) is 5.04. The number of amides is 1. The fourth-order valence-electron chi connectivity index (χ4n) is 2.28. The molecule has 1 saturated heterocycles. The van der Waals surface area contributed by atoms with Gasteiger partial charge in [-0.3, -0.25) is 4.79 Å². The highest BCUT2D eigenvalue weighted by atomic mass is 35.5. The van der Waals surface area contributed by atoms with E-state index in [1.54, 1.807) is 0 Å². The number of fused-ring (bicyclic) bond motifs is 1. The average Bonchev–Trinajstić information content (AvgIpc) is 2.43. The fourth-order valence-corrected chi connectivity index (χ4v) is 2.49. The molecule has 3 rings (SSSR count). The van der Waals surface area contributed by atoms with Crippen LogP contribution in [0.3, 0.4) is 0 Å². The number of aromatic nitrogens is 1. The number of carbonyl (C=O) groups is 1. The van der Waals surface area contributed by atoms with Crippen molar-refractivity contribution in [3.8, 4) is 0 Å². The number of nitrogens with one attached hydrogen (secondary N) is 1. The summed E-state index contributed by atoms with van der Waals surface area (Å²) in [6.07, 6.45) is 1.53. The molecule has 104 valence electrons. The molecule has 0 saturated carbocycles. The van der Waals surface area contributed by atoms with Crippen LogP contribution >= 0.6 is 11.6 Å². The third kappa shape index (κ3) is 2.37. The highest BCUT2D eigenvalue weighted by Gasteiger charge is 2.33. The van der Waals surface area contributed by atoms with E-state index in [0.29, 0.717) is 30.5 Å². The van der Waals surface area contributed by atoms with Crippen LogP contribution in [0.25, 0.3) is 10.8 Å². The standard InChI is InChI=1S/C15H15ClN2O2/c1-15(8-20-9-15)7-18-14(19)12-6-17-13(16)11-5-3-2-4-10(11)12/h2-6H,7-9H2,1H3,(H,18,19). The average molecular weight is 291 g/mol. The normalized spacial score (nSPS) is 16.7. The summed E-state index contributed by atoms with van der Waals surface area (Å²) in [5.74, 6) is -0.126. The van der Waals surface area contributed by atoms with E-state index in [1.165, 1.54) is 6.20 Å². The molecule has 4 nitrogen and oxygen atoms in total. The van der Waals surface area contributed by atoms with Crippen molar-refractivity contribution in [2.75, 3.05) is 19.8 Å². The quantitative estimate of drug-likeness (QED) is 0.884. The Morgan fingerprint density at radius 1 is 1.40 bits per heavy atom. The fraction of sp³-hybridized carbons (Fsp3) is 0.333. The van der Waals surface area contributed by atoms with Crippen LogP contribution < -0.4 is 5.32 Å². The maximum atomic E-state index is 12.3. The first-order chi connectivity index (χ1) is 9.59. The lowest BCUT2D eigenvalue weighted by Gasteiger charge is -2.38. The van der Waals surface area contributed by atoms with Crippen LogP contribution in [0.1, 0.15) is 17.3 Å². The van der Waals surface area contributed by atoms with Crippen molar-refractivity contribution in [1.82, 2.24) is 10.3 Å². The molecular weight excluding hydrogens is 276 g/mol. The van der Waals surface area contributed by atoms with Gasteiger partial charge in [0, 0.05) is 23.5 Å². The predicted molar refractivity (Wildman–Crippen MR) is 78.0 cm³/mol. The number of benzene rings is 1. The van der Waals surface area contributed by atoms with Crippen molar-refractivity contribution < 1.29 is 9.53 Å². The smallest absolute Gasteiger partial charge is 0.253 e. The topological polar surface area (TPSA) is 51.2 Å². The molecule has 0 bridgehead atoms. The molecule has 0 unspecified atom stereocenters. The first-order valence-electron chi connectivity index (χ1n) is 6.48. The predicted octanol–water partition coefficient (Wildman–Crippen LogP) is 2.65. The van der Waals surface area contributed by atoms with Gasteiger partial charge in [-0.25, -0.2) is 4.98 Å². The van der Waals surface area contributed by atoms with Gasteiger partial charge in [-0.1, -0.05) is 42.8 Å². The second-order valence-electron chi connectivity index (χ2n) is 5.49. The zero-order valence-electron chi connectivity index (χ0n) is 11.1. The minimum absolute atomic E-state index is 0.0469. The summed E-state index contributed by atoms with van der Waals surface area (Å²) in [5.41, 5.74) is 0.597. The number of nitrogens with zero attached hydrogens (tertiary/aromatic N) is 1. The number of ether oxygens (including phenoxy) is 1. The van der Waals surface area contributed by atoms with Crippen molar-refractivity contribution >= 4 is 28.3 Å². The molecule has 1 aliphatic heterocycles. The Kier molecular flexibility index (Phi) is 3.36. The number of carbonyl (C=O) groups excluding carboxylic acids is 1. The lowest BCUT2D eigenvalue weighted by atomic mass is 9.88. The molecule has 20 heavy (non-hydrogen) atoms. The molecule has 0 spiro atoms. The summed E-state index contributed by atoms with van der Waals surface area (Å²) >= 11 is 6.06. The third-order valence-electron chi connectivity index (χ3n) is 3.57. The van der Waals surface area contributed by atoms with E-state index in [-0.39, 0.29) is 11.3 Å². The maximum Gasteiger partial charge on any atom is 0.253 e. The Balaban J connectivity index is 1.86. The lowest BCUT2D eigenvalue weighted by molar-refractivity contribution is -0.0978. The number of pyridine rings is 1. The summed E-state index contributed by atoms with van der Waals surface area (Å²) < 4.78 is 5.18. The van der Waals surface area contributed by atoms with Crippen LogP contribution in [-0.2, 0) is 4.74 Å². The molecule has 5 heteroatoms. The third-order valence-corrected chi connectivity index (χ3v) is 3.87. The molecule has 1 aromatic heterocycles. The molecule has 1 amide bonds. The van der Waals surface area contributed by atoms with E-state index in [1.807, 2.05) is 24.3 Å². The summed E-state index contributed by atoms with van der Waals surface area (Å²) in [5, 5.41) is 4.98. The molecule has 0 radical (unpaired) electrons. The highest BCUT2D eigenvalue weighted by molar-refractivity contribution is 6.34. The van der Waals surface area contributed by atoms with Gasteiger partial charge in [0.1, 0.15) is 5.15 Å². The molecule has 1 aliphatic rings. The van der Waals surface area contributed by atoms with E-state index < -0.39 is 0 Å². The number of hydrogen-bond donors (Lipinski definition) is 1. The zero-order chi connectivity index (χ0) is 14.2. The van der Waals surface area contributed by atoms with Crippen LogP contribution in [0.15, 0.2) is 30.5 Å². The Labute approximate surface area is 122 Å². The molecule has 1 fully saturated rings. The molecule has 1 aromatic carbocycles. The van der Waals surface area contributed by atoms with Gasteiger partial charge < -0.3 is 10.1 Å². The van der Waals surface area contributed by atoms with Crippen molar-refractivity contribution in [2.45, 2.75) is 6.92 Å². The Hall–Kier alpha value is -1.65. The molecule has 1 N–H and O–H groups in total. The van der Waals surface area contributed by atoms with Gasteiger partial charge in [0.15, 0.2) is 0 Å². The largest absolute Gasteiger partial charge is 0.380 e. The Morgan fingerprint density at radius 3 is 2.75 bits per heavy atom. The molecule has 0 aliphatic carbocycles. The molecule has 2 heterocycles. The van der Waals surface area contributed by atoms with Crippen molar-refractivity contribution in [3.05, 3.63) is 41.2 Å². The first-order valence-corrected chi connectivity index (χ1v) is 6.86. The number of halogens is 1. The van der Waals surface area contributed by atoms with Gasteiger partial charge in [-0.2, -0.15) is 0 Å². The molecular formula is C15H15ClN2O2. The number of rotatable bonds is 3. The van der Waals surface area contributed by atoms with Crippen LogP contribution in [-0.4, -0.2) is 30.6 Å². The molecule has 2 aromatic rings. The van der Waals surface area contributed by atoms with Crippen LogP contribution in [0.4, 0.5) is 0 Å². The minimum atomic E-state index is -0.126. The van der Waals surface area contributed by atoms with Gasteiger partial charge in [0.05, 0.1) is 18.8 Å². The van der Waals surface area contributed by atoms with E-state index in [4.69, 9.17) is 16.3 Å². The van der Waals surface area contributed by atoms with Gasteiger partial charge in [0.2, 0.25) is 0 Å². The molecule has 0 atom stereocenters. The minimum Gasteiger partial charge on any atom is -0.380 e. The first kappa shape index (κ1) is 13.3. The van der Waals surface area contributed by atoms with Crippen LogP contribution in [0, 0.1) is 5.41 Å². The Bertz CT molecular complexity index is 668. The van der Waals surface area contributed by atoms with Crippen molar-refractivity contribution in [1.29, 1.82) is 0 Å². The van der Waals surface area contributed by atoms with Crippen LogP contribution in [0.2, 0.25) is 5.15 Å². The summed E-state index contributed by atoms with van der Waals surface area (Å²) in [6, 6.07) is 7.51. The Morgan fingerprint density at radius 2 is 2.10 bits per heavy atom. The van der Waals surface area contributed by atoms with Gasteiger partial charge >= 0.3 is 0 Å². The van der Waals surface area contributed by atoms with Gasteiger partial charge in [-0.05, 0) is 5.39 Å². The van der Waals surface area contributed by atoms with Gasteiger partial charge in [0.25, 0.3) is 5.91 Å². The van der Waals surface area contributed by atoms with E-state index in [9.17, 15) is 4.79 Å². The van der Waals surface area contributed by atoms with Crippen molar-refractivity contribution in [2.24, 2.45) is 5.41 Å².